The third-order valence-corrected chi connectivity index (χ3v) is 9.21. The molecule has 3 aromatic carbocycles. The number of amides is 2. The van der Waals surface area contributed by atoms with Crippen LogP contribution in [0, 0.1) is 20.8 Å². The van der Waals surface area contributed by atoms with Crippen molar-refractivity contribution in [3.05, 3.63) is 95.1 Å². The van der Waals surface area contributed by atoms with Gasteiger partial charge in [0.2, 0.25) is 11.8 Å². The number of hydrogen-bond donors (Lipinski definition) is 1. The molecule has 1 N–H and O–H groups in total. The molecule has 0 saturated heterocycles. The van der Waals surface area contributed by atoms with E-state index in [0.717, 1.165) is 35.1 Å². The van der Waals surface area contributed by atoms with Gasteiger partial charge >= 0.3 is 0 Å². The van der Waals surface area contributed by atoms with E-state index in [9.17, 15) is 18.0 Å². The first-order valence-electron chi connectivity index (χ1n) is 14.4. The lowest BCUT2D eigenvalue weighted by Crippen LogP contribution is -2.53. The predicted molar refractivity (Wildman–Crippen MR) is 165 cm³/mol. The fourth-order valence-electron chi connectivity index (χ4n) is 4.76. The lowest BCUT2D eigenvalue weighted by Gasteiger charge is -2.33. The van der Waals surface area contributed by atoms with Gasteiger partial charge < -0.3 is 10.2 Å². The molecule has 0 bridgehead atoms. The number of carbonyl (C=O) groups is 2. The van der Waals surface area contributed by atoms with Crippen LogP contribution in [-0.4, -0.2) is 50.8 Å². The largest absolute Gasteiger partial charge is 0.354 e. The number of benzene rings is 3. The predicted octanol–water partition coefficient (Wildman–Crippen LogP) is 5.57. The Morgan fingerprint density at radius 1 is 0.878 bits per heavy atom. The number of carbonyl (C=O) groups excluding carboxylic acids is 2. The molecule has 3 rings (SSSR count). The number of rotatable bonds is 14. The van der Waals surface area contributed by atoms with E-state index in [1.807, 2.05) is 64.1 Å². The van der Waals surface area contributed by atoms with Crippen LogP contribution in [0.1, 0.15) is 55.4 Å². The molecule has 0 aliphatic heterocycles. The summed E-state index contributed by atoms with van der Waals surface area (Å²) in [5, 5.41) is 2.97. The standard InChI is InChI=1S/C33H43N3O4S/c1-6-8-22-34-33(38)30(7-2)35(23-21-28-14-10-9-11-15-28)32(37)24-36(31-16-12-13-26(4)27(31)5)41(39,40)29-19-17-25(3)18-20-29/h9-20,30H,6-8,21-24H2,1-5H3,(H,34,38)/t30-/m0/s1. The van der Waals surface area contributed by atoms with Crippen molar-refractivity contribution in [2.45, 2.75) is 71.2 Å². The molecular formula is C33H43N3O4S. The second-order valence-electron chi connectivity index (χ2n) is 10.4. The maximum atomic E-state index is 14.2. The summed E-state index contributed by atoms with van der Waals surface area (Å²) in [6.45, 7) is 9.98. The first-order valence-corrected chi connectivity index (χ1v) is 15.8. The van der Waals surface area contributed by atoms with E-state index in [2.05, 4.69) is 12.2 Å². The molecule has 7 nitrogen and oxygen atoms in total. The molecule has 0 spiro atoms. The zero-order chi connectivity index (χ0) is 30.0. The van der Waals surface area contributed by atoms with Gasteiger partial charge in [0.1, 0.15) is 12.6 Å². The summed E-state index contributed by atoms with van der Waals surface area (Å²) in [7, 11) is -4.09. The average molecular weight is 578 g/mol. The summed E-state index contributed by atoms with van der Waals surface area (Å²) in [6, 6.07) is 21.1. The van der Waals surface area contributed by atoms with Gasteiger partial charge in [0.15, 0.2) is 0 Å². The number of nitrogens with zero attached hydrogens (tertiary/aromatic N) is 2. The first-order chi connectivity index (χ1) is 19.6. The highest BCUT2D eigenvalue weighted by Crippen LogP contribution is 2.29. The van der Waals surface area contributed by atoms with Crippen molar-refractivity contribution in [3.63, 3.8) is 0 Å². The van der Waals surface area contributed by atoms with E-state index in [0.29, 0.717) is 25.1 Å². The quantitative estimate of drug-likeness (QED) is 0.254. The van der Waals surface area contributed by atoms with Crippen LogP contribution in [0.15, 0.2) is 77.7 Å². The molecular weight excluding hydrogens is 534 g/mol. The molecule has 1 atom stereocenters. The molecule has 0 aliphatic rings. The molecule has 0 unspecified atom stereocenters. The van der Waals surface area contributed by atoms with Crippen molar-refractivity contribution >= 4 is 27.5 Å². The lowest BCUT2D eigenvalue weighted by molar-refractivity contribution is -0.139. The zero-order valence-electron chi connectivity index (χ0n) is 24.9. The number of hydrogen-bond acceptors (Lipinski definition) is 4. The molecule has 41 heavy (non-hydrogen) atoms. The normalized spacial score (nSPS) is 12.0. The van der Waals surface area contributed by atoms with Gasteiger partial charge in [-0.25, -0.2) is 8.42 Å². The van der Waals surface area contributed by atoms with E-state index in [4.69, 9.17) is 0 Å². The highest BCUT2D eigenvalue weighted by molar-refractivity contribution is 7.92. The molecule has 2 amide bonds. The third-order valence-electron chi connectivity index (χ3n) is 7.43. The summed E-state index contributed by atoms with van der Waals surface area (Å²) in [5.74, 6) is -0.642. The van der Waals surface area contributed by atoms with Crippen LogP contribution in [0.5, 0.6) is 0 Å². The molecule has 0 saturated carbocycles. The van der Waals surface area contributed by atoms with Crippen LogP contribution in [-0.2, 0) is 26.0 Å². The van der Waals surface area contributed by atoms with Gasteiger partial charge in [-0.15, -0.1) is 0 Å². The number of anilines is 1. The average Bonchev–Trinajstić information content (AvgIpc) is 2.96. The van der Waals surface area contributed by atoms with Crippen LogP contribution in [0.2, 0.25) is 0 Å². The van der Waals surface area contributed by atoms with Crippen molar-refractivity contribution in [2.75, 3.05) is 23.9 Å². The Bertz CT molecular complexity index is 1410. The van der Waals surface area contributed by atoms with E-state index in [-0.39, 0.29) is 17.3 Å². The number of sulfonamides is 1. The van der Waals surface area contributed by atoms with Crippen molar-refractivity contribution in [2.24, 2.45) is 0 Å². The Hall–Kier alpha value is -3.65. The first kappa shape index (κ1) is 31.9. The Morgan fingerprint density at radius 2 is 1.56 bits per heavy atom. The monoisotopic (exact) mass is 577 g/mol. The zero-order valence-corrected chi connectivity index (χ0v) is 25.7. The minimum Gasteiger partial charge on any atom is -0.354 e. The summed E-state index contributed by atoms with van der Waals surface area (Å²) in [5.41, 5.74) is 4.11. The second-order valence-corrected chi connectivity index (χ2v) is 12.3. The Kier molecular flexibility index (Phi) is 11.5. The van der Waals surface area contributed by atoms with E-state index < -0.39 is 28.5 Å². The Labute approximate surface area is 245 Å². The van der Waals surface area contributed by atoms with Crippen molar-refractivity contribution in [1.82, 2.24) is 10.2 Å². The third kappa shape index (κ3) is 8.19. The van der Waals surface area contributed by atoms with Gasteiger partial charge in [-0.2, -0.15) is 0 Å². The molecule has 0 radical (unpaired) electrons. The van der Waals surface area contributed by atoms with E-state index in [1.54, 1.807) is 41.3 Å². The van der Waals surface area contributed by atoms with Crippen molar-refractivity contribution < 1.29 is 18.0 Å². The fourth-order valence-corrected chi connectivity index (χ4v) is 6.23. The Morgan fingerprint density at radius 3 is 2.20 bits per heavy atom. The number of unbranched alkanes of at least 4 members (excludes halogenated alkanes) is 1. The summed E-state index contributed by atoms with van der Waals surface area (Å²) in [4.78, 5) is 29.1. The molecule has 0 aromatic heterocycles. The van der Waals surface area contributed by atoms with E-state index >= 15 is 0 Å². The van der Waals surface area contributed by atoms with Gasteiger partial charge in [0.05, 0.1) is 10.6 Å². The molecule has 0 aliphatic carbocycles. The smallest absolute Gasteiger partial charge is 0.264 e. The van der Waals surface area contributed by atoms with Gasteiger partial charge in [0, 0.05) is 13.1 Å². The van der Waals surface area contributed by atoms with Gasteiger partial charge in [-0.3, -0.25) is 13.9 Å². The van der Waals surface area contributed by atoms with Crippen LogP contribution in [0.25, 0.3) is 0 Å². The van der Waals surface area contributed by atoms with Crippen molar-refractivity contribution in [1.29, 1.82) is 0 Å². The van der Waals surface area contributed by atoms with Gasteiger partial charge in [-0.1, -0.05) is 80.4 Å². The van der Waals surface area contributed by atoms with Crippen LogP contribution >= 0.6 is 0 Å². The van der Waals surface area contributed by atoms with Crippen molar-refractivity contribution in [3.8, 4) is 0 Å². The maximum Gasteiger partial charge on any atom is 0.264 e. The highest BCUT2D eigenvalue weighted by atomic mass is 32.2. The molecule has 8 heteroatoms. The second kappa shape index (κ2) is 14.8. The lowest BCUT2D eigenvalue weighted by atomic mass is 10.1. The Balaban J connectivity index is 2.02. The summed E-state index contributed by atoms with van der Waals surface area (Å²) in [6.07, 6.45) is 2.73. The molecule has 3 aromatic rings. The minimum absolute atomic E-state index is 0.108. The summed E-state index contributed by atoms with van der Waals surface area (Å²) >= 11 is 0. The molecule has 0 fully saturated rings. The maximum absolute atomic E-state index is 14.2. The molecule has 0 heterocycles. The molecule has 220 valence electrons. The van der Waals surface area contributed by atoms with E-state index in [1.165, 1.54) is 4.31 Å². The van der Waals surface area contributed by atoms with Crippen LogP contribution in [0.4, 0.5) is 5.69 Å². The fraction of sp³-hybridized carbons (Fsp3) is 0.394. The number of aryl methyl sites for hydroxylation is 2. The van der Waals surface area contributed by atoms with Crippen LogP contribution < -0.4 is 9.62 Å². The van der Waals surface area contributed by atoms with Gasteiger partial charge in [-0.05, 0) is 74.9 Å². The highest BCUT2D eigenvalue weighted by Gasteiger charge is 2.34. The SMILES string of the molecule is CCCCNC(=O)[C@H](CC)N(CCc1ccccc1)C(=O)CN(c1cccc(C)c1C)S(=O)(=O)c1ccc(C)cc1. The van der Waals surface area contributed by atoms with Crippen LogP contribution in [0.3, 0.4) is 0 Å². The number of nitrogens with one attached hydrogen (secondary N) is 1. The van der Waals surface area contributed by atoms with Gasteiger partial charge in [0.25, 0.3) is 10.0 Å². The minimum atomic E-state index is -4.09. The summed E-state index contributed by atoms with van der Waals surface area (Å²) < 4.78 is 29.3. The topological polar surface area (TPSA) is 86.8 Å².